The highest BCUT2D eigenvalue weighted by Crippen LogP contribution is 2.09. The summed E-state index contributed by atoms with van der Waals surface area (Å²) in [5.74, 6) is 0.279. The summed E-state index contributed by atoms with van der Waals surface area (Å²) < 4.78 is 6.39. The molecular formula is C10H12N4O2. The second-order valence-electron chi connectivity index (χ2n) is 3.24. The number of carbonyl (C=O) groups excluding carboxylic acids is 1. The first-order chi connectivity index (χ1) is 7.77. The van der Waals surface area contributed by atoms with E-state index in [0.29, 0.717) is 23.7 Å². The molecule has 0 unspecified atom stereocenters. The number of hydrogen-bond donors (Lipinski definition) is 1. The molecule has 6 nitrogen and oxygen atoms in total. The molecule has 0 amide bonds. The van der Waals surface area contributed by atoms with Crippen LogP contribution in [0.25, 0.3) is 5.65 Å². The van der Waals surface area contributed by atoms with Crippen LogP contribution in [0.2, 0.25) is 0 Å². The standard InChI is InChI=1S/C10H12N4O2/c1-11-6-9-13-12-8-5-3-4-7(14(8)9)10(15)16-2/h3-5,11H,6H2,1-2H3. The summed E-state index contributed by atoms with van der Waals surface area (Å²) >= 11 is 0. The number of nitrogens with zero attached hydrogens (tertiary/aromatic N) is 3. The number of aromatic nitrogens is 3. The molecule has 0 atom stereocenters. The Morgan fingerprint density at radius 3 is 3.00 bits per heavy atom. The lowest BCUT2D eigenvalue weighted by Gasteiger charge is -2.05. The van der Waals surface area contributed by atoms with Crippen LogP contribution < -0.4 is 5.32 Å². The van der Waals surface area contributed by atoms with Gasteiger partial charge in [0.25, 0.3) is 0 Å². The van der Waals surface area contributed by atoms with Crippen molar-refractivity contribution >= 4 is 11.6 Å². The number of methoxy groups -OCH3 is 1. The molecule has 0 bridgehead atoms. The van der Waals surface area contributed by atoms with Crippen molar-refractivity contribution in [2.45, 2.75) is 6.54 Å². The maximum absolute atomic E-state index is 11.6. The first kappa shape index (κ1) is 10.6. The molecule has 0 fully saturated rings. The lowest BCUT2D eigenvalue weighted by Crippen LogP contribution is -2.14. The Morgan fingerprint density at radius 1 is 1.50 bits per heavy atom. The molecular weight excluding hydrogens is 208 g/mol. The zero-order valence-electron chi connectivity index (χ0n) is 9.10. The number of pyridine rings is 1. The number of nitrogens with one attached hydrogen (secondary N) is 1. The van der Waals surface area contributed by atoms with Gasteiger partial charge in [0.2, 0.25) is 0 Å². The third-order valence-electron chi connectivity index (χ3n) is 2.22. The summed E-state index contributed by atoms with van der Waals surface area (Å²) in [5, 5.41) is 11.0. The molecule has 0 aromatic carbocycles. The molecule has 0 saturated carbocycles. The first-order valence-corrected chi connectivity index (χ1v) is 4.84. The van der Waals surface area contributed by atoms with Crippen LogP contribution >= 0.6 is 0 Å². The Hall–Kier alpha value is -1.95. The van der Waals surface area contributed by atoms with Gasteiger partial charge in [-0.3, -0.25) is 4.40 Å². The van der Waals surface area contributed by atoms with Crippen LogP contribution in [-0.2, 0) is 11.3 Å². The third-order valence-corrected chi connectivity index (χ3v) is 2.22. The Kier molecular flexibility index (Phi) is 2.82. The Balaban J connectivity index is 2.63. The van der Waals surface area contributed by atoms with Crippen LogP contribution in [-0.4, -0.2) is 34.7 Å². The van der Waals surface area contributed by atoms with E-state index in [2.05, 4.69) is 15.5 Å². The van der Waals surface area contributed by atoms with Crippen LogP contribution in [0.5, 0.6) is 0 Å². The first-order valence-electron chi connectivity index (χ1n) is 4.84. The van der Waals surface area contributed by atoms with Crippen molar-refractivity contribution < 1.29 is 9.53 Å². The molecule has 0 spiro atoms. The molecule has 2 rings (SSSR count). The van der Waals surface area contributed by atoms with E-state index in [1.165, 1.54) is 7.11 Å². The lowest BCUT2D eigenvalue weighted by atomic mass is 10.3. The van der Waals surface area contributed by atoms with Crippen molar-refractivity contribution in [2.75, 3.05) is 14.2 Å². The largest absolute Gasteiger partial charge is 0.464 e. The van der Waals surface area contributed by atoms with E-state index in [0.717, 1.165) is 0 Å². The fourth-order valence-electron chi connectivity index (χ4n) is 1.54. The molecule has 2 aromatic heterocycles. The SMILES string of the molecule is CNCc1nnc2cccc(C(=O)OC)n12. The maximum Gasteiger partial charge on any atom is 0.355 e. The van der Waals surface area contributed by atoms with Gasteiger partial charge in [-0.05, 0) is 19.2 Å². The molecule has 16 heavy (non-hydrogen) atoms. The average Bonchev–Trinajstić information content (AvgIpc) is 2.72. The molecule has 2 aromatic rings. The summed E-state index contributed by atoms with van der Waals surface area (Å²) in [6.07, 6.45) is 0. The van der Waals surface area contributed by atoms with Gasteiger partial charge in [-0.2, -0.15) is 0 Å². The van der Waals surface area contributed by atoms with Gasteiger partial charge in [0.15, 0.2) is 11.5 Å². The molecule has 0 radical (unpaired) electrons. The van der Waals surface area contributed by atoms with Gasteiger partial charge >= 0.3 is 5.97 Å². The quantitative estimate of drug-likeness (QED) is 0.750. The highest BCUT2D eigenvalue weighted by molar-refractivity contribution is 5.88. The van der Waals surface area contributed by atoms with Crippen molar-refractivity contribution in [3.05, 3.63) is 29.7 Å². The predicted molar refractivity (Wildman–Crippen MR) is 57.1 cm³/mol. The summed E-state index contributed by atoms with van der Waals surface area (Å²) in [7, 11) is 3.16. The van der Waals surface area contributed by atoms with E-state index in [-0.39, 0.29) is 0 Å². The van der Waals surface area contributed by atoms with Crippen LogP contribution in [0.3, 0.4) is 0 Å². The molecule has 0 aliphatic heterocycles. The van der Waals surface area contributed by atoms with Crippen molar-refractivity contribution in [1.82, 2.24) is 19.9 Å². The van der Waals surface area contributed by atoms with E-state index in [9.17, 15) is 4.79 Å². The number of carbonyl (C=O) groups is 1. The van der Waals surface area contributed by atoms with E-state index in [4.69, 9.17) is 4.74 Å². The summed E-state index contributed by atoms with van der Waals surface area (Å²) in [5.41, 5.74) is 1.06. The van der Waals surface area contributed by atoms with Crippen LogP contribution in [0.4, 0.5) is 0 Å². The molecule has 0 saturated heterocycles. The highest BCUT2D eigenvalue weighted by atomic mass is 16.5. The van der Waals surface area contributed by atoms with E-state index >= 15 is 0 Å². The number of esters is 1. The van der Waals surface area contributed by atoms with Crippen molar-refractivity contribution in [1.29, 1.82) is 0 Å². The van der Waals surface area contributed by atoms with Crippen LogP contribution in [0.1, 0.15) is 16.3 Å². The molecule has 84 valence electrons. The van der Waals surface area contributed by atoms with Gasteiger partial charge in [-0.1, -0.05) is 6.07 Å². The molecule has 6 heteroatoms. The number of ether oxygens (including phenoxy) is 1. The van der Waals surface area contributed by atoms with E-state index in [1.54, 1.807) is 22.6 Å². The van der Waals surface area contributed by atoms with Gasteiger partial charge < -0.3 is 10.1 Å². The minimum absolute atomic E-state index is 0.400. The number of fused-ring (bicyclic) bond motifs is 1. The van der Waals surface area contributed by atoms with Crippen molar-refractivity contribution in [3.8, 4) is 0 Å². The van der Waals surface area contributed by atoms with E-state index < -0.39 is 5.97 Å². The summed E-state index contributed by atoms with van der Waals surface area (Å²) in [4.78, 5) is 11.6. The zero-order chi connectivity index (χ0) is 11.5. The topological polar surface area (TPSA) is 68.5 Å². The maximum atomic E-state index is 11.6. The molecule has 0 aliphatic carbocycles. The Bertz CT molecular complexity index is 521. The highest BCUT2D eigenvalue weighted by Gasteiger charge is 2.14. The summed E-state index contributed by atoms with van der Waals surface area (Å²) in [6, 6.07) is 5.22. The number of hydrogen-bond acceptors (Lipinski definition) is 5. The summed E-state index contributed by atoms with van der Waals surface area (Å²) in [6.45, 7) is 0.537. The van der Waals surface area contributed by atoms with Crippen LogP contribution in [0, 0.1) is 0 Å². The van der Waals surface area contributed by atoms with Gasteiger partial charge in [0.05, 0.1) is 13.7 Å². The lowest BCUT2D eigenvalue weighted by molar-refractivity contribution is 0.0592. The fraction of sp³-hybridized carbons (Fsp3) is 0.300. The van der Waals surface area contributed by atoms with Gasteiger partial charge in [-0.25, -0.2) is 4.79 Å². The van der Waals surface area contributed by atoms with Crippen LogP contribution in [0.15, 0.2) is 18.2 Å². The zero-order valence-corrected chi connectivity index (χ0v) is 9.10. The fourth-order valence-corrected chi connectivity index (χ4v) is 1.54. The normalized spacial score (nSPS) is 10.6. The monoisotopic (exact) mass is 220 g/mol. The third kappa shape index (κ3) is 1.63. The van der Waals surface area contributed by atoms with Gasteiger partial charge in [-0.15, -0.1) is 10.2 Å². The van der Waals surface area contributed by atoms with Gasteiger partial charge in [0, 0.05) is 0 Å². The second-order valence-corrected chi connectivity index (χ2v) is 3.24. The van der Waals surface area contributed by atoms with Gasteiger partial charge in [0.1, 0.15) is 5.69 Å². The Morgan fingerprint density at radius 2 is 2.31 bits per heavy atom. The second kappa shape index (κ2) is 4.28. The number of rotatable bonds is 3. The van der Waals surface area contributed by atoms with E-state index in [1.807, 2.05) is 7.05 Å². The predicted octanol–water partition coefficient (Wildman–Crippen LogP) is 0.235. The Labute approximate surface area is 92.2 Å². The van der Waals surface area contributed by atoms with Crippen molar-refractivity contribution in [2.24, 2.45) is 0 Å². The molecule has 2 heterocycles. The molecule has 1 N–H and O–H groups in total. The molecule has 0 aliphatic rings. The minimum Gasteiger partial charge on any atom is -0.464 e. The van der Waals surface area contributed by atoms with Crippen molar-refractivity contribution in [3.63, 3.8) is 0 Å². The smallest absolute Gasteiger partial charge is 0.355 e. The average molecular weight is 220 g/mol. The minimum atomic E-state index is -0.400.